The van der Waals surface area contributed by atoms with Crippen molar-refractivity contribution in [3.63, 3.8) is 0 Å². The molecule has 0 saturated heterocycles. The van der Waals surface area contributed by atoms with Crippen molar-refractivity contribution in [1.82, 2.24) is 0 Å². The minimum atomic E-state index is -0.357. The maximum absolute atomic E-state index is 12.1. The molecular formula is C25H20O2. The molecule has 0 heterocycles. The number of hydrogen-bond donors (Lipinski definition) is 0. The van der Waals surface area contributed by atoms with Crippen LogP contribution in [-0.4, -0.2) is 13.1 Å². The number of carbonyl (C=O) groups excluding carboxylic acids is 1. The highest BCUT2D eigenvalue weighted by Crippen LogP contribution is 2.20. The highest BCUT2D eigenvalue weighted by molar-refractivity contribution is 5.94. The molecule has 0 radical (unpaired) electrons. The second-order valence-electron chi connectivity index (χ2n) is 5.99. The van der Waals surface area contributed by atoms with E-state index in [4.69, 9.17) is 4.74 Å². The second kappa shape index (κ2) is 9.22. The van der Waals surface area contributed by atoms with E-state index in [0.717, 1.165) is 22.3 Å². The van der Waals surface area contributed by atoms with Crippen molar-refractivity contribution in [3.05, 3.63) is 102 Å². The molecule has 0 amide bonds. The van der Waals surface area contributed by atoms with Gasteiger partial charge in [0.05, 0.1) is 7.11 Å². The Hall–Kier alpha value is -3.57. The van der Waals surface area contributed by atoms with Crippen molar-refractivity contribution in [1.29, 1.82) is 0 Å². The zero-order valence-electron chi connectivity index (χ0n) is 15.2. The predicted octanol–water partition coefficient (Wildman–Crippen LogP) is 5.35. The van der Waals surface area contributed by atoms with E-state index in [0.29, 0.717) is 12.0 Å². The Kier molecular flexibility index (Phi) is 6.22. The molecule has 0 unspecified atom stereocenters. The van der Waals surface area contributed by atoms with E-state index in [1.54, 1.807) is 0 Å². The van der Waals surface area contributed by atoms with Gasteiger partial charge in [0.25, 0.3) is 0 Å². The van der Waals surface area contributed by atoms with Gasteiger partial charge in [-0.15, -0.1) is 0 Å². The smallest absolute Gasteiger partial charge is 0.334 e. The van der Waals surface area contributed by atoms with Gasteiger partial charge < -0.3 is 4.74 Å². The molecule has 3 rings (SSSR count). The lowest BCUT2D eigenvalue weighted by atomic mass is 10.0. The molecular weight excluding hydrogens is 332 g/mol. The van der Waals surface area contributed by atoms with Gasteiger partial charge in [0, 0.05) is 17.6 Å². The Bertz CT molecular complexity index is 973. The third kappa shape index (κ3) is 5.20. The van der Waals surface area contributed by atoms with E-state index in [-0.39, 0.29) is 5.97 Å². The van der Waals surface area contributed by atoms with Crippen LogP contribution in [0.5, 0.6) is 0 Å². The van der Waals surface area contributed by atoms with Gasteiger partial charge in [-0.3, -0.25) is 0 Å². The molecule has 0 aliphatic heterocycles. The number of esters is 1. The molecule has 0 aliphatic rings. The van der Waals surface area contributed by atoms with Crippen LogP contribution in [0.2, 0.25) is 0 Å². The van der Waals surface area contributed by atoms with Gasteiger partial charge in [0.15, 0.2) is 0 Å². The molecule has 2 heteroatoms. The Labute approximate surface area is 160 Å². The van der Waals surface area contributed by atoms with Gasteiger partial charge in [0.1, 0.15) is 0 Å². The summed E-state index contributed by atoms with van der Waals surface area (Å²) in [4.78, 5) is 12.1. The van der Waals surface area contributed by atoms with Crippen LogP contribution in [-0.2, 0) is 9.53 Å². The zero-order valence-corrected chi connectivity index (χ0v) is 15.2. The first-order valence-corrected chi connectivity index (χ1v) is 8.74. The van der Waals surface area contributed by atoms with Crippen LogP contribution in [0.25, 0.3) is 17.2 Å². The zero-order chi connectivity index (χ0) is 18.9. The Morgan fingerprint density at radius 3 is 2.07 bits per heavy atom. The number of hydrogen-bond acceptors (Lipinski definition) is 2. The highest BCUT2D eigenvalue weighted by Gasteiger charge is 2.08. The summed E-state index contributed by atoms with van der Waals surface area (Å²) < 4.78 is 4.91. The first-order chi connectivity index (χ1) is 13.3. The van der Waals surface area contributed by atoms with E-state index in [1.165, 1.54) is 7.11 Å². The molecule has 3 aromatic rings. The van der Waals surface area contributed by atoms with Gasteiger partial charge in [-0.25, -0.2) is 4.79 Å². The molecule has 0 spiro atoms. The number of carbonyl (C=O) groups is 1. The molecule has 3 aromatic carbocycles. The van der Waals surface area contributed by atoms with Gasteiger partial charge >= 0.3 is 5.97 Å². The van der Waals surface area contributed by atoms with E-state index in [2.05, 4.69) is 24.0 Å². The fourth-order valence-electron chi connectivity index (χ4n) is 2.68. The van der Waals surface area contributed by atoms with Crippen molar-refractivity contribution in [2.45, 2.75) is 6.42 Å². The number of benzene rings is 3. The van der Waals surface area contributed by atoms with Crippen LogP contribution in [0.3, 0.4) is 0 Å². The largest absolute Gasteiger partial charge is 0.466 e. The molecule has 0 aliphatic carbocycles. The van der Waals surface area contributed by atoms with E-state index >= 15 is 0 Å². The average Bonchev–Trinajstić information content (AvgIpc) is 2.74. The van der Waals surface area contributed by atoms with Gasteiger partial charge in [-0.1, -0.05) is 84.6 Å². The molecule has 0 atom stereocenters. The average molecular weight is 352 g/mol. The highest BCUT2D eigenvalue weighted by atomic mass is 16.5. The standard InChI is InChI=1S/C25H20O2/c1-27-25(26)24(14-8-11-20-9-4-2-5-10-20)19-21-15-17-23(18-16-21)22-12-6-3-7-13-22/h2-7,9-10,12-13,15-19H,14H2,1H3/b24-19-. The minimum Gasteiger partial charge on any atom is -0.466 e. The van der Waals surface area contributed by atoms with E-state index < -0.39 is 0 Å². The first-order valence-electron chi connectivity index (χ1n) is 8.74. The maximum Gasteiger partial charge on any atom is 0.334 e. The number of rotatable bonds is 4. The monoisotopic (exact) mass is 352 g/mol. The van der Waals surface area contributed by atoms with Crippen LogP contribution in [0.1, 0.15) is 17.5 Å². The summed E-state index contributed by atoms with van der Waals surface area (Å²) in [6.07, 6.45) is 2.17. The molecule has 0 N–H and O–H groups in total. The van der Waals surface area contributed by atoms with Gasteiger partial charge in [0.2, 0.25) is 0 Å². The fraction of sp³-hybridized carbons (Fsp3) is 0.0800. The molecule has 0 aromatic heterocycles. The number of ether oxygens (including phenoxy) is 1. The topological polar surface area (TPSA) is 26.3 Å². The van der Waals surface area contributed by atoms with E-state index in [9.17, 15) is 4.79 Å². The maximum atomic E-state index is 12.1. The summed E-state index contributed by atoms with van der Waals surface area (Å²) in [5.74, 6) is 5.77. The number of methoxy groups -OCH3 is 1. The van der Waals surface area contributed by atoms with Crippen LogP contribution in [0.4, 0.5) is 0 Å². The lowest BCUT2D eigenvalue weighted by Crippen LogP contribution is -2.04. The van der Waals surface area contributed by atoms with Crippen molar-refractivity contribution in [2.24, 2.45) is 0 Å². The lowest BCUT2D eigenvalue weighted by Gasteiger charge is -2.04. The summed E-state index contributed by atoms with van der Waals surface area (Å²) in [6.45, 7) is 0. The first kappa shape index (κ1) is 18.2. The van der Waals surface area contributed by atoms with Gasteiger partial charge in [-0.05, 0) is 34.9 Å². The Morgan fingerprint density at radius 2 is 1.44 bits per heavy atom. The van der Waals surface area contributed by atoms with Gasteiger partial charge in [-0.2, -0.15) is 0 Å². The fourth-order valence-corrected chi connectivity index (χ4v) is 2.68. The summed E-state index contributed by atoms with van der Waals surface area (Å²) in [5, 5.41) is 0. The van der Waals surface area contributed by atoms with Crippen molar-refractivity contribution in [3.8, 4) is 23.0 Å². The SMILES string of the molecule is COC(=O)/C(=C\c1ccc(-c2ccccc2)cc1)CC#Cc1ccccc1. The lowest BCUT2D eigenvalue weighted by molar-refractivity contribution is -0.136. The van der Waals surface area contributed by atoms with Crippen LogP contribution < -0.4 is 0 Å². The summed E-state index contributed by atoms with van der Waals surface area (Å²) >= 11 is 0. The van der Waals surface area contributed by atoms with Crippen LogP contribution in [0, 0.1) is 11.8 Å². The summed E-state index contributed by atoms with van der Waals surface area (Å²) in [5.41, 5.74) is 4.70. The van der Waals surface area contributed by atoms with Crippen molar-refractivity contribution < 1.29 is 9.53 Å². The summed E-state index contributed by atoms with van der Waals surface area (Å²) in [6, 6.07) is 28.0. The quantitative estimate of drug-likeness (QED) is 0.359. The van der Waals surface area contributed by atoms with Crippen molar-refractivity contribution in [2.75, 3.05) is 7.11 Å². The molecule has 2 nitrogen and oxygen atoms in total. The van der Waals surface area contributed by atoms with E-state index in [1.807, 2.05) is 78.9 Å². The second-order valence-corrected chi connectivity index (χ2v) is 5.99. The third-order valence-corrected chi connectivity index (χ3v) is 4.09. The molecule has 27 heavy (non-hydrogen) atoms. The Balaban J connectivity index is 1.79. The minimum absolute atomic E-state index is 0.335. The van der Waals surface area contributed by atoms with Crippen LogP contribution >= 0.6 is 0 Å². The molecule has 0 fully saturated rings. The van der Waals surface area contributed by atoms with Crippen LogP contribution in [0.15, 0.2) is 90.5 Å². The predicted molar refractivity (Wildman–Crippen MR) is 110 cm³/mol. The molecule has 0 bridgehead atoms. The Morgan fingerprint density at radius 1 is 0.852 bits per heavy atom. The molecule has 0 saturated carbocycles. The summed E-state index contributed by atoms with van der Waals surface area (Å²) in [7, 11) is 1.39. The van der Waals surface area contributed by atoms with Crippen molar-refractivity contribution >= 4 is 12.0 Å². The normalized spacial score (nSPS) is 10.6. The molecule has 132 valence electrons. The third-order valence-electron chi connectivity index (χ3n) is 4.09.